The highest BCUT2D eigenvalue weighted by atomic mass is 16.3. The molecule has 0 saturated heterocycles. The Morgan fingerprint density at radius 2 is 1.76 bits per heavy atom. The van der Waals surface area contributed by atoms with Crippen molar-refractivity contribution in [3.63, 3.8) is 0 Å². The van der Waals surface area contributed by atoms with Gasteiger partial charge < -0.3 is 15.7 Å². The predicted octanol–water partition coefficient (Wildman–Crippen LogP) is 2.76. The van der Waals surface area contributed by atoms with E-state index in [0.717, 1.165) is 17.9 Å². The molecule has 5 nitrogen and oxygen atoms in total. The molecule has 0 bridgehead atoms. The van der Waals surface area contributed by atoms with E-state index in [4.69, 9.17) is 0 Å². The number of hydrogen-bond acceptors (Lipinski definition) is 5. The van der Waals surface area contributed by atoms with Crippen molar-refractivity contribution in [3.05, 3.63) is 36.4 Å². The van der Waals surface area contributed by atoms with Gasteiger partial charge in [0.1, 0.15) is 11.6 Å². The molecular formula is C16H22N4O. The van der Waals surface area contributed by atoms with Crippen LogP contribution in [0.2, 0.25) is 0 Å². The third kappa shape index (κ3) is 4.16. The SMILES string of the molecule is CCNc1cc(NC(C)(C)CO)nc(-c2ccccc2)n1. The van der Waals surface area contributed by atoms with Gasteiger partial charge in [0.05, 0.1) is 12.1 Å². The van der Waals surface area contributed by atoms with Crippen LogP contribution in [-0.4, -0.2) is 33.8 Å². The van der Waals surface area contributed by atoms with Crippen LogP contribution in [0.4, 0.5) is 11.6 Å². The van der Waals surface area contributed by atoms with Crippen LogP contribution in [0.25, 0.3) is 11.4 Å². The summed E-state index contributed by atoms with van der Waals surface area (Å²) in [6.07, 6.45) is 0. The van der Waals surface area contributed by atoms with Crippen LogP contribution in [0.3, 0.4) is 0 Å². The number of nitrogens with zero attached hydrogens (tertiary/aromatic N) is 2. The van der Waals surface area contributed by atoms with Gasteiger partial charge in [0.2, 0.25) is 0 Å². The first-order chi connectivity index (χ1) is 10.0. The van der Waals surface area contributed by atoms with Crippen LogP contribution in [-0.2, 0) is 0 Å². The fourth-order valence-electron chi connectivity index (χ4n) is 1.89. The largest absolute Gasteiger partial charge is 0.394 e. The van der Waals surface area contributed by atoms with Gasteiger partial charge in [-0.3, -0.25) is 0 Å². The second-order valence-electron chi connectivity index (χ2n) is 5.53. The number of aliphatic hydroxyl groups is 1. The van der Waals surface area contributed by atoms with Crippen LogP contribution in [0.5, 0.6) is 0 Å². The lowest BCUT2D eigenvalue weighted by Crippen LogP contribution is -2.35. The highest BCUT2D eigenvalue weighted by Gasteiger charge is 2.17. The molecule has 0 unspecified atom stereocenters. The van der Waals surface area contributed by atoms with Gasteiger partial charge in [-0.1, -0.05) is 30.3 Å². The van der Waals surface area contributed by atoms with Gasteiger partial charge in [-0.05, 0) is 20.8 Å². The Hall–Kier alpha value is -2.14. The molecule has 2 aromatic rings. The number of anilines is 2. The van der Waals surface area contributed by atoms with E-state index in [1.807, 2.05) is 57.2 Å². The van der Waals surface area contributed by atoms with Crippen molar-refractivity contribution >= 4 is 11.6 Å². The topological polar surface area (TPSA) is 70.1 Å². The summed E-state index contributed by atoms with van der Waals surface area (Å²) in [5.41, 5.74) is 0.522. The monoisotopic (exact) mass is 286 g/mol. The number of benzene rings is 1. The number of hydrogen-bond donors (Lipinski definition) is 3. The van der Waals surface area contributed by atoms with Crippen molar-refractivity contribution in [1.82, 2.24) is 9.97 Å². The maximum absolute atomic E-state index is 9.39. The Morgan fingerprint density at radius 1 is 1.10 bits per heavy atom. The minimum Gasteiger partial charge on any atom is -0.394 e. The molecule has 0 spiro atoms. The quantitative estimate of drug-likeness (QED) is 0.761. The van der Waals surface area contributed by atoms with Gasteiger partial charge in [0.15, 0.2) is 5.82 Å². The normalized spacial score (nSPS) is 11.2. The summed E-state index contributed by atoms with van der Waals surface area (Å²) in [5.74, 6) is 2.12. The molecule has 0 atom stereocenters. The second kappa shape index (κ2) is 6.54. The van der Waals surface area contributed by atoms with Gasteiger partial charge >= 0.3 is 0 Å². The summed E-state index contributed by atoms with van der Waals surface area (Å²) < 4.78 is 0. The molecule has 2 rings (SSSR count). The van der Waals surface area contributed by atoms with Crippen LogP contribution in [0.1, 0.15) is 20.8 Å². The summed E-state index contributed by atoms with van der Waals surface area (Å²) in [7, 11) is 0. The van der Waals surface area contributed by atoms with Crippen molar-refractivity contribution in [2.75, 3.05) is 23.8 Å². The van der Waals surface area contributed by atoms with E-state index in [2.05, 4.69) is 20.6 Å². The molecule has 0 amide bonds. The molecule has 0 aliphatic rings. The Balaban J connectivity index is 2.39. The van der Waals surface area contributed by atoms with Gasteiger partial charge in [0.25, 0.3) is 0 Å². The number of rotatable bonds is 6. The first kappa shape index (κ1) is 15.3. The zero-order chi connectivity index (χ0) is 15.3. The highest BCUT2D eigenvalue weighted by molar-refractivity contribution is 5.61. The third-order valence-corrected chi connectivity index (χ3v) is 2.98. The summed E-state index contributed by atoms with van der Waals surface area (Å²) in [4.78, 5) is 9.07. The first-order valence-electron chi connectivity index (χ1n) is 7.11. The first-order valence-corrected chi connectivity index (χ1v) is 7.11. The van der Waals surface area contributed by atoms with E-state index in [9.17, 15) is 5.11 Å². The fourth-order valence-corrected chi connectivity index (χ4v) is 1.89. The average molecular weight is 286 g/mol. The molecule has 0 aliphatic heterocycles. The maximum atomic E-state index is 9.39. The summed E-state index contributed by atoms with van der Waals surface area (Å²) in [6.45, 7) is 6.67. The van der Waals surface area contributed by atoms with Crippen molar-refractivity contribution in [2.45, 2.75) is 26.3 Å². The number of aromatic nitrogens is 2. The molecule has 0 aliphatic carbocycles. The lowest BCUT2D eigenvalue weighted by Gasteiger charge is -2.24. The maximum Gasteiger partial charge on any atom is 0.163 e. The third-order valence-electron chi connectivity index (χ3n) is 2.98. The smallest absolute Gasteiger partial charge is 0.163 e. The molecule has 1 aromatic heterocycles. The van der Waals surface area contributed by atoms with Gasteiger partial charge in [-0.15, -0.1) is 0 Å². The van der Waals surface area contributed by atoms with E-state index < -0.39 is 5.54 Å². The molecule has 21 heavy (non-hydrogen) atoms. The van der Waals surface area contributed by atoms with E-state index in [1.54, 1.807) is 0 Å². The lowest BCUT2D eigenvalue weighted by atomic mass is 10.1. The summed E-state index contributed by atoms with van der Waals surface area (Å²) >= 11 is 0. The zero-order valence-corrected chi connectivity index (χ0v) is 12.7. The Morgan fingerprint density at radius 3 is 2.38 bits per heavy atom. The molecule has 1 heterocycles. The fraction of sp³-hybridized carbons (Fsp3) is 0.375. The average Bonchev–Trinajstić information content (AvgIpc) is 2.48. The van der Waals surface area contributed by atoms with Gasteiger partial charge in [-0.2, -0.15) is 0 Å². The summed E-state index contributed by atoms with van der Waals surface area (Å²) in [6, 6.07) is 11.7. The van der Waals surface area contributed by atoms with Gasteiger partial charge in [-0.25, -0.2) is 9.97 Å². The minimum atomic E-state index is -0.439. The molecule has 0 fully saturated rings. The van der Waals surface area contributed by atoms with Crippen molar-refractivity contribution in [2.24, 2.45) is 0 Å². The second-order valence-corrected chi connectivity index (χ2v) is 5.53. The molecule has 0 saturated carbocycles. The zero-order valence-electron chi connectivity index (χ0n) is 12.7. The van der Waals surface area contributed by atoms with Crippen molar-refractivity contribution in [1.29, 1.82) is 0 Å². The molecule has 112 valence electrons. The molecule has 0 radical (unpaired) electrons. The van der Waals surface area contributed by atoms with E-state index in [-0.39, 0.29) is 6.61 Å². The van der Waals surface area contributed by atoms with Crippen LogP contribution in [0, 0.1) is 0 Å². The van der Waals surface area contributed by atoms with Crippen LogP contribution >= 0.6 is 0 Å². The minimum absolute atomic E-state index is 0.0220. The number of nitrogens with one attached hydrogen (secondary N) is 2. The van der Waals surface area contributed by atoms with Gasteiger partial charge in [0, 0.05) is 18.2 Å². The van der Waals surface area contributed by atoms with Crippen molar-refractivity contribution < 1.29 is 5.11 Å². The van der Waals surface area contributed by atoms with E-state index >= 15 is 0 Å². The highest BCUT2D eigenvalue weighted by Crippen LogP contribution is 2.22. The molecule has 3 N–H and O–H groups in total. The van der Waals surface area contributed by atoms with E-state index in [1.165, 1.54) is 0 Å². The van der Waals surface area contributed by atoms with Crippen LogP contribution in [0.15, 0.2) is 36.4 Å². The standard InChI is InChI=1S/C16H22N4O/c1-4-17-13-10-14(20-16(2,3)11-21)19-15(18-13)12-8-6-5-7-9-12/h5-10,21H,4,11H2,1-3H3,(H2,17,18,19,20). The predicted molar refractivity (Wildman–Crippen MR) is 86.4 cm³/mol. The van der Waals surface area contributed by atoms with Crippen LogP contribution < -0.4 is 10.6 Å². The Labute approximate surface area is 125 Å². The Bertz CT molecular complexity index is 584. The summed E-state index contributed by atoms with van der Waals surface area (Å²) in [5, 5.41) is 15.8. The molecule has 1 aromatic carbocycles. The molecular weight excluding hydrogens is 264 g/mol. The van der Waals surface area contributed by atoms with E-state index in [0.29, 0.717) is 11.6 Å². The Kier molecular flexibility index (Phi) is 4.75. The number of aliphatic hydroxyl groups excluding tert-OH is 1. The lowest BCUT2D eigenvalue weighted by molar-refractivity contribution is 0.234. The molecule has 5 heteroatoms. The van der Waals surface area contributed by atoms with Crippen molar-refractivity contribution in [3.8, 4) is 11.4 Å².